The van der Waals surface area contributed by atoms with E-state index in [1.165, 1.54) is 0 Å². The van der Waals surface area contributed by atoms with Gasteiger partial charge in [-0.1, -0.05) is 0 Å². The number of likely N-dealkylation sites (N-methyl/N-ethyl adjacent to an activating group) is 1. The normalized spacial score (nSPS) is 26.8. The molecule has 0 radical (unpaired) electrons. The van der Waals surface area contributed by atoms with Crippen LogP contribution in [-0.2, 0) is 9.47 Å². The summed E-state index contributed by atoms with van der Waals surface area (Å²) in [6.45, 7) is 12.5. The summed E-state index contributed by atoms with van der Waals surface area (Å²) in [5.41, 5.74) is 0. The van der Waals surface area contributed by atoms with Gasteiger partial charge in [-0.15, -0.1) is 0 Å². The maximum absolute atomic E-state index is 5.81. The molecule has 0 aromatic heterocycles. The van der Waals surface area contributed by atoms with Gasteiger partial charge < -0.3 is 14.0 Å². The molecule has 0 spiro atoms. The van der Waals surface area contributed by atoms with E-state index in [4.69, 9.17) is 9.47 Å². The number of rotatable bonds is 4. The van der Waals surface area contributed by atoms with Crippen molar-refractivity contribution in [1.82, 2.24) is 0 Å². The molecule has 0 aromatic rings. The monoisotopic (exact) mass is 202 g/mol. The summed E-state index contributed by atoms with van der Waals surface area (Å²) in [5, 5.41) is 0. The van der Waals surface area contributed by atoms with Crippen LogP contribution >= 0.6 is 0 Å². The summed E-state index contributed by atoms with van der Waals surface area (Å²) in [7, 11) is 2.27. The first-order valence-corrected chi connectivity index (χ1v) is 5.56. The molecule has 0 amide bonds. The van der Waals surface area contributed by atoms with Crippen LogP contribution in [0.1, 0.15) is 27.7 Å². The fraction of sp³-hybridized carbons (Fsp3) is 1.00. The van der Waals surface area contributed by atoms with Gasteiger partial charge >= 0.3 is 0 Å². The van der Waals surface area contributed by atoms with Crippen LogP contribution in [0.15, 0.2) is 0 Å². The van der Waals surface area contributed by atoms with Gasteiger partial charge in [-0.25, -0.2) is 0 Å². The Morgan fingerprint density at radius 3 is 2.21 bits per heavy atom. The molecule has 1 rings (SSSR count). The van der Waals surface area contributed by atoms with Crippen molar-refractivity contribution in [2.24, 2.45) is 0 Å². The highest BCUT2D eigenvalue weighted by Crippen LogP contribution is 2.23. The Balaban J connectivity index is 2.46. The van der Waals surface area contributed by atoms with Crippen molar-refractivity contribution in [3.05, 3.63) is 0 Å². The summed E-state index contributed by atoms with van der Waals surface area (Å²) in [6.07, 6.45) is 0.259. The lowest BCUT2D eigenvalue weighted by atomic mass is 10.3. The fourth-order valence-corrected chi connectivity index (χ4v) is 1.83. The molecule has 1 fully saturated rings. The van der Waals surface area contributed by atoms with Crippen molar-refractivity contribution in [2.45, 2.75) is 39.6 Å². The van der Waals surface area contributed by atoms with E-state index >= 15 is 0 Å². The molecule has 3 heteroatoms. The molecule has 1 aliphatic heterocycles. The second-order valence-electron chi connectivity index (χ2n) is 4.89. The number of ether oxygens (including phenoxy) is 2. The summed E-state index contributed by atoms with van der Waals surface area (Å²) in [5.74, 6) is -0.378. The summed E-state index contributed by atoms with van der Waals surface area (Å²) >= 11 is 0. The number of nitrogens with zero attached hydrogens (tertiary/aromatic N) is 1. The quantitative estimate of drug-likeness (QED) is 0.645. The predicted molar refractivity (Wildman–Crippen MR) is 57.0 cm³/mol. The fourth-order valence-electron chi connectivity index (χ4n) is 1.83. The van der Waals surface area contributed by atoms with Crippen molar-refractivity contribution < 1.29 is 14.0 Å². The topological polar surface area (TPSA) is 18.5 Å². The summed E-state index contributed by atoms with van der Waals surface area (Å²) in [4.78, 5) is 0. The molecule has 0 bridgehead atoms. The summed E-state index contributed by atoms with van der Waals surface area (Å²) < 4.78 is 12.4. The second kappa shape index (κ2) is 4.17. The van der Waals surface area contributed by atoms with Crippen LogP contribution in [0.2, 0.25) is 0 Å². The van der Waals surface area contributed by atoms with Crippen molar-refractivity contribution in [2.75, 3.05) is 33.3 Å². The molecule has 0 aromatic carbocycles. The Kier molecular flexibility index (Phi) is 3.56. The predicted octanol–water partition coefficient (Wildman–Crippen LogP) is 1.62. The average molecular weight is 202 g/mol. The van der Waals surface area contributed by atoms with Gasteiger partial charge in [0, 0.05) is 0 Å². The lowest BCUT2D eigenvalue weighted by Crippen LogP contribution is -2.49. The van der Waals surface area contributed by atoms with Crippen molar-refractivity contribution in [3.63, 3.8) is 0 Å². The zero-order valence-corrected chi connectivity index (χ0v) is 10.2. The van der Waals surface area contributed by atoms with Crippen LogP contribution in [0.4, 0.5) is 0 Å². The Hall–Kier alpha value is -0.120. The third-order valence-electron chi connectivity index (χ3n) is 3.24. The van der Waals surface area contributed by atoms with E-state index in [2.05, 4.69) is 20.9 Å². The molecular formula is C11H24NO2+. The van der Waals surface area contributed by atoms with Crippen molar-refractivity contribution in [3.8, 4) is 0 Å². The molecule has 0 unspecified atom stereocenters. The third-order valence-corrected chi connectivity index (χ3v) is 3.24. The Morgan fingerprint density at radius 1 is 1.29 bits per heavy atom. The number of hydrogen-bond acceptors (Lipinski definition) is 2. The van der Waals surface area contributed by atoms with Gasteiger partial charge in [0.05, 0.1) is 26.7 Å². The zero-order valence-electron chi connectivity index (χ0n) is 10.2. The molecular weight excluding hydrogens is 178 g/mol. The minimum atomic E-state index is -0.378. The average Bonchev–Trinajstić information content (AvgIpc) is 2.45. The molecule has 0 saturated carbocycles. The van der Waals surface area contributed by atoms with E-state index in [1.807, 2.05) is 13.8 Å². The van der Waals surface area contributed by atoms with Crippen LogP contribution < -0.4 is 0 Å². The first-order chi connectivity index (χ1) is 6.41. The molecule has 1 saturated heterocycles. The molecule has 1 aliphatic rings. The number of hydrogen-bond donors (Lipinski definition) is 0. The maximum Gasteiger partial charge on any atom is 0.163 e. The van der Waals surface area contributed by atoms with Gasteiger partial charge in [0.1, 0.15) is 12.6 Å². The number of quaternary nitrogens is 1. The van der Waals surface area contributed by atoms with E-state index < -0.39 is 0 Å². The molecule has 0 aliphatic carbocycles. The van der Waals surface area contributed by atoms with E-state index in [1.54, 1.807) is 0 Å². The highest BCUT2D eigenvalue weighted by Gasteiger charge is 2.36. The standard InChI is InChI=1S/C11H24NO2/c1-6-12(5,7-2)8-10-9-13-11(3,4)14-10/h10H,6-9H2,1-5H3/q+1/t10-/m0/s1. The molecule has 1 atom stereocenters. The van der Waals surface area contributed by atoms with Gasteiger partial charge in [-0.05, 0) is 27.7 Å². The van der Waals surface area contributed by atoms with Crippen LogP contribution in [0.25, 0.3) is 0 Å². The van der Waals surface area contributed by atoms with Gasteiger partial charge in [0.15, 0.2) is 5.79 Å². The highest BCUT2D eigenvalue weighted by atomic mass is 16.7. The SMILES string of the molecule is CC[N+](C)(CC)C[C@H]1COC(C)(C)O1. The first-order valence-electron chi connectivity index (χ1n) is 5.56. The molecule has 14 heavy (non-hydrogen) atoms. The van der Waals surface area contributed by atoms with E-state index in [9.17, 15) is 0 Å². The second-order valence-corrected chi connectivity index (χ2v) is 4.89. The van der Waals surface area contributed by atoms with Gasteiger partial charge in [0.25, 0.3) is 0 Å². The molecule has 84 valence electrons. The van der Waals surface area contributed by atoms with Crippen LogP contribution in [0.3, 0.4) is 0 Å². The van der Waals surface area contributed by atoms with E-state index in [0.29, 0.717) is 0 Å². The Labute approximate surface area is 87.6 Å². The Morgan fingerprint density at radius 2 is 1.86 bits per heavy atom. The van der Waals surface area contributed by atoms with Crippen LogP contribution in [-0.4, -0.2) is 49.7 Å². The minimum absolute atomic E-state index is 0.259. The van der Waals surface area contributed by atoms with E-state index in [-0.39, 0.29) is 11.9 Å². The smallest absolute Gasteiger partial charge is 0.163 e. The van der Waals surface area contributed by atoms with E-state index in [0.717, 1.165) is 30.7 Å². The molecule has 0 N–H and O–H groups in total. The highest BCUT2D eigenvalue weighted by molar-refractivity contribution is 4.70. The molecule has 3 nitrogen and oxygen atoms in total. The zero-order chi connectivity index (χ0) is 10.8. The van der Waals surface area contributed by atoms with Gasteiger partial charge in [-0.2, -0.15) is 0 Å². The van der Waals surface area contributed by atoms with Gasteiger partial charge in [-0.3, -0.25) is 0 Å². The molecule has 1 heterocycles. The summed E-state index contributed by atoms with van der Waals surface area (Å²) in [6, 6.07) is 0. The van der Waals surface area contributed by atoms with Crippen molar-refractivity contribution in [1.29, 1.82) is 0 Å². The maximum atomic E-state index is 5.81. The third kappa shape index (κ3) is 2.94. The van der Waals surface area contributed by atoms with Crippen LogP contribution in [0.5, 0.6) is 0 Å². The lowest BCUT2D eigenvalue weighted by molar-refractivity contribution is -0.908. The first kappa shape index (κ1) is 12.0. The Bertz CT molecular complexity index is 188. The lowest BCUT2D eigenvalue weighted by Gasteiger charge is -2.34. The van der Waals surface area contributed by atoms with Gasteiger partial charge in [0.2, 0.25) is 0 Å². The minimum Gasteiger partial charge on any atom is -0.348 e. The largest absolute Gasteiger partial charge is 0.348 e. The van der Waals surface area contributed by atoms with Crippen LogP contribution in [0, 0.1) is 0 Å². The van der Waals surface area contributed by atoms with Crippen molar-refractivity contribution >= 4 is 0 Å².